The molecule has 0 bridgehead atoms. The fourth-order valence-corrected chi connectivity index (χ4v) is 5.93. The molecule has 172 valence electrons. The third kappa shape index (κ3) is 4.23. The van der Waals surface area contributed by atoms with Crippen molar-refractivity contribution in [3.8, 4) is 0 Å². The van der Waals surface area contributed by atoms with E-state index in [1.54, 1.807) is 0 Å². The Morgan fingerprint density at radius 3 is 1.78 bits per heavy atom. The lowest BCUT2D eigenvalue weighted by Crippen LogP contribution is -2.44. The smallest absolute Gasteiger partial charge is 0.162 e. The molecule has 3 nitrogen and oxygen atoms in total. The van der Waals surface area contributed by atoms with Gasteiger partial charge in [-0.1, -0.05) is 77.3 Å². The van der Waals surface area contributed by atoms with Crippen LogP contribution in [0.5, 0.6) is 0 Å². The van der Waals surface area contributed by atoms with Crippen molar-refractivity contribution in [3.63, 3.8) is 0 Å². The normalized spacial score (nSPS) is 22.9. The second-order valence-corrected chi connectivity index (χ2v) is 11.8. The number of carbonyl (C=O) groups is 2. The number of ketones is 2. The summed E-state index contributed by atoms with van der Waals surface area (Å²) >= 11 is 0. The van der Waals surface area contributed by atoms with Crippen LogP contribution in [-0.2, 0) is 9.59 Å². The highest BCUT2D eigenvalue weighted by molar-refractivity contribution is 6.06. The lowest BCUT2D eigenvalue weighted by atomic mass is 9.63. The minimum atomic E-state index is -0.213. The minimum Gasteiger partial charge on any atom is -0.348 e. The van der Waals surface area contributed by atoms with E-state index in [0.29, 0.717) is 12.8 Å². The number of rotatable bonds is 5. The topological polar surface area (TPSA) is 37.4 Å². The quantitative estimate of drug-likeness (QED) is 0.475. The lowest BCUT2D eigenvalue weighted by molar-refractivity contribution is -0.119. The fourth-order valence-electron chi connectivity index (χ4n) is 5.93. The summed E-state index contributed by atoms with van der Waals surface area (Å²) in [5, 5.41) is 0. The number of carbonyl (C=O) groups excluding carboxylic acids is 2. The van der Waals surface area contributed by atoms with E-state index in [4.69, 9.17) is 0 Å². The van der Waals surface area contributed by atoms with Crippen LogP contribution in [0.3, 0.4) is 0 Å². The maximum Gasteiger partial charge on any atom is 0.162 e. The summed E-state index contributed by atoms with van der Waals surface area (Å²) in [6.45, 7) is 14.0. The molecule has 4 rings (SSSR count). The molecule has 0 radical (unpaired) electrons. The molecule has 0 atom stereocenters. The average Bonchev–Trinajstić information content (AvgIpc) is 2.67. The van der Waals surface area contributed by atoms with E-state index in [9.17, 15) is 9.59 Å². The molecule has 3 aliphatic rings. The molecule has 1 heterocycles. The molecule has 0 saturated heterocycles. The Balaban J connectivity index is 1.94. The molecular formula is C29H39NO2. The van der Waals surface area contributed by atoms with Crippen molar-refractivity contribution in [3.05, 3.63) is 57.9 Å². The third-order valence-electron chi connectivity index (χ3n) is 7.42. The van der Waals surface area contributed by atoms with Gasteiger partial charge in [-0.05, 0) is 42.6 Å². The molecule has 1 aromatic carbocycles. The Hall–Kier alpha value is -2.16. The fraction of sp³-hybridized carbons (Fsp3) is 0.586. The van der Waals surface area contributed by atoms with Crippen LogP contribution in [0.15, 0.2) is 46.8 Å². The van der Waals surface area contributed by atoms with Gasteiger partial charge in [0, 0.05) is 47.8 Å². The number of allylic oxidation sites excluding steroid dienone is 4. The number of hydrogen-bond donors (Lipinski definition) is 0. The first kappa shape index (κ1) is 23.0. The predicted octanol–water partition coefficient (Wildman–Crippen LogP) is 6.87. The van der Waals surface area contributed by atoms with Crippen LogP contribution < -0.4 is 0 Å². The summed E-state index contributed by atoms with van der Waals surface area (Å²) in [5.41, 5.74) is 6.36. The summed E-state index contributed by atoms with van der Waals surface area (Å²) in [4.78, 5) is 29.7. The van der Waals surface area contributed by atoms with Crippen molar-refractivity contribution in [1.29, 1.82) is 0 Å². The highest BCUT2D eigenvalue weighted by Crippen LogP contribution is 2.54. The first-order valence-electron chi connectivity index (χ1n) is 12.4. The van der Waals surface area contributed by atoms with E-state index in [-0.39, 0.29) is 28.3 Å². The van der Waals surface area contributed by atoms with E-state index in [2.05, 4.69) is 70.7 Å². The highest BCUT2D eigenvalue weighted by atomic mass is 16.1. The minimum absolute atomic E-state index is 0.0526. The van der Waals surface area contributed by atoms with E-state index < -0.39 is 0 Å². The van der Waals surface area contributed by atoms with Crippen LogP contribution >= 0.6 is 0 Å². The first-order valence-corrected chi connectivity index (χ1v) is 12.4. The molecule has 0 N–H and O–H groups in total. The van der Waals surface area contributed by atoms with E-state index >= 15 is 0 Å². The number of benzene rings is 1. The standard InChI is InChI=1S/C29H39NO2/c1-7-8-9-14-30-21-15-28(3,4)17-23(31)26(21)25(20-12-10-19(2)11-13-20)27-22(30)16-29(5,6)18-24(27)32/h10-13,25H,7-9,14-18H2,1-6H3. The predicted molar refractivity (Wildman–Crippen MR) is 130 cm³/mol. The van der Waals surface area contributed by atoms with Crippen LogP contribution in [0.4, 0.5) is 0 Å². The number of Topliss-reactive ketones (excluding diaryl/α,β-unsaturated/α-hetero) is 2. The third-order valence-corrected chi connectivity index (χ3v) is 7.42. The zero-order chi connectivity index (χ0) is 23.3. The van der Waals surface area contributed by atoms with Crippen LogP contribution in [-0.4, -0.2) is 23.0 Å². The van der Waals surface area contributed by atoms with Gasteiger partial charge < -0.3 is 4.90 Å². The molecule has 0 saturated carbocycles. The Morgan fingerprint density at radius 2 is 1.31 bits per heavy atom. The Kier molecular flexibility index (Phi) is 5.98. The monoisotopic (exact) mass is 433 g/mol. The molecule has 0 aromatic heterocycles. The summed E-state index contributed by atoms with van der Waals surface area (Å²) in [6.07, 6.45) is 6.31. The highest BCUT2D eigenvalue weighted by Gasteiger charge is 2.48. The van der Waals surface area contributed by atoms with Gasteiger partial charge in [-0.3, -0.25) is 9.59 Å². The molecule has 1 aliphatic heterocycles. The molecule has 0 spiro atoms. The van der Waals surface area contributed by atoms with Crippen molar-refractivity contribution in [2.45, 2.75) is 92.4 Å². The van der Waals surface area contributed by atoms with Crippen molar-refractivity contribution in [2.24, 2.45) is 10.8 Å². The summed E-state index contributed by atoms with van der Waals surface area (Å²) in [7, 11) is 0. The van der Waals surface area contributed by atoms with E-state index in [1.165, 1.54) is 17.0 Å². The molecule has 0 unspecified atom stereocenters. The van der Waals surface area contributed by atoms with Crippen molar-refractivity contribution >= 4 is 11.6 Å². The van der Waals surface area contributed by atoms with Crippen LogP contribution in [0.1, 0.15) is 96.6 Å². The van der Waals surface area contributed by atoms with Gasteiger partial charge >= 0.3 is 0 Å². The molecule has 1 aromatic rings. The van der Waals surface area contributed by atoms with E-state index in [0.717, 1.165) is 55.4 Å². The van der Waals surface area contributed by atoms with Gasteiger partial charge in [0.25, 0.3) is 0 Å². The molecular weight excluding hydrogens is 394 g/mol. The van der Waals surface area contributed by atoms with Crippen LogP contribution in [0.2, 0.25) is 0 Å². The summed E-state index contributed by atoms with van der Waals surface area (Å²) in [5.74, 6) is 0.244. The van der Waals surface area contributed by atoms with Gasteiger partial charge in [-0.2, -0.15) is 0 Å². The largest absolute Gasteiger partial charge is 0.348 e. The number of aryl methyl sites for hydroxylation is 1. The maximum atomic E-state index is 13.7. The number of hydrogen-bond acceptors (Lipinski definition) is 3. The molecule has 0 fully saturated rings. The average molecular weight is 434 g/mol. The van der Waals surface area contributed by atoms with Crippen LogP contribution in [0, 0.1) is 17.8 Å². The Bertz CT molecular complexity index is 936. The molecule has 2 aliphatic carbocycles. The van der Waals surface area contributed by atoms with Gasteiger partial charge in [0.2, 0.25) is 0 Å². The second kappa shape index (κ2) is 8.32. The molecule has 3 heteroatoms. The zero-order valence-electron chi connectivity index (χ0n) is 20.8. The molecule has 0 amide bonds. The van der Waals surface area contributed by atoms with Gasteiger partial charge in [-0.15, -0.1) is 0 Å². The number of unbranched alkanes of at least 4 members (excludes halogenated alkanes) is 2. The van der Waals surface area contributed by atoms with E-state index in [1.807, 2.05) is 0 Å². The van der Waals surface area contributed by atoms with Crippen molar-refractivity contribution < 1.29 is 9.59 Å². The van der Waals surface area contributed by atoms with Gasteiger partial charge in [0.1, 0.15) is 0 Å². The van der Waals surface area contributed by atoms with Gasteiger partial charge in [0.05, 0.1) is 0 Å². The van der Waals surface area contributed by atoms with Gasteiger partial charge in [-0.25, -0.2) is 0 Å². The van der Waals surface area contributed by atoms with Crippen LogP contribution in [0.25, 0.3) is 0 Å². The van der Waals surface area contributed by atoms with Gasteiger partial charge in [0.15, 0.2) is 11.6 Å². The second-order valence-electron chi connectivity index (χ2n) is 11.8. The Labute approximate surface area is 194 Å². The number of nitrogens with zero attached hydrogens (tertiary/aromatic N) is 1. The maximum absolute atomic E-state index is 13.7. The molecule has 32 heavy (non-hydrogen) atoms. The zero-order valence-corrected chi connectivity index (χ0v) is 20.8. The summed E-state index contributed by atoms with van der Waals surface area (Å²) in [6, 6.07) is 8.47. The summed E-state index contributed by atoms with van der Waals surface area (Å²) < 4.78 is 0. The van der Waals surface area contributed by atoms with Crippen molar-refractivity contribution in [1.82, 2.24) is 4.90 Å². The van der Waals surface area contributed by atoms with Crippen molar-refractivity contribution in [2.75, 3.05) is 6.54 Å². The SMILES string of the molecule is CCCCCN1C2=C(C(=O)CC(C)(C)C2)C(c2ccc(C)cc2)C2=C1CC(C)(C)CC2=O. The Morgan fingerprint density at radius 1 is 0.812 bits per heavy atom. The lowest BCUT2D eigenvalue weighted by Gasteiger charge is -2.49. The first-order chi connectivity index (χ1) is 15.0.